The van der Waals surface area contributed by atoms with Crippen molar-refractivity contribution >= 4 is 29.3 Å². The smallest absolute Gasteiger partial charge is 0.370 e. The molecular weight excluding hydrogens is 268 g/mol. The van der Waals surface area contributed by atoms with Gasteiger partial charge in [0.2, 0.25) is 5.91 Å². The van der Waals surface area contributed by atoms with E-state index < -0.39 is 0 Å². The van der Waals surface area contributed by atoms with E-state index >= 15 is 0 Å². The molecule has 1 amide bonds. The molecule has 0 bridgehead atoms. The summed E-state index contributed by atoms with van der Waals surface area (Å²) in [6, 6.07) is 7.79. The predicted octanol–water partition coefficient (Wildman–Crippen LogP) is 1.46. The van der Waals surface area contributed by atoms with Gasteiger partial charge in [-0.25, -0.2) is 0 Å². The number of anilines is 1. The van der Waals surface area contributed by atoms with E-state index in [0.717, 1.165) is 36.6 Å². The second kappa shape index (κ2) is 7.56. The lowest BCUT2D eigenvalue weighted by molar-refractivity contribution is -0.191. The third-order valence-electron chi connectivity index (χ3n) is 3.09. The van der Waals surface area contributed by atoms with Crippen molar-refractivity contribution in [1.82, 2.24) is 0 Å². The van der Waals surface area contributed by atoms with Gasteiger partial charge in [-0.1, -0.05) is 23.7 Å². The monoisotopic (exact) mass is 282 g/mol. The number of amides is 1. The Kier molecular flexibility index (Phi) is 6.06. The van der Waals surface area contributed by atoms with Crippen LogP contribution in [0.1, 0.15) is 12.8 Å². The van der Waals surface area contributed by atoms with E-state index in [4.69, 9.17) is 26.9 Å². The molecule has 1 heterocycles. The van der Waals surface area contributed by atoms with Crippen molar-refractivity contribution in [3.63, 3.8) is 0 Å². The SMILES string of the molecule is NC(=O)C1CCN(c2ccccc2Cl)CC1.O=C=O. The molecule has 2 N–H and O–H groups in total. The molecule has 0 unspecified atom stereocenters. The van der Waals surface area contributed by atoms with Gasteiger partial charge in [0.05, 0.1) is 10.7 Å². The van der Waals surface area contributed by atoms with Crippen molar-refractivity contribution in [3.05, 3.63) is 29.3 Å². The van der Waals surface area contributed by atoms with Gasteiger partial charge in [-0.05, 0) is 25.0 Å². The average molecular weight is 283 g/mol. The topological polar surface area (TPSA) is 80.5 Å². The van der Waals surface area contributed by atoms with Gasteiger partial charge < -0.3 is 10.6 Å². The lowest BCUT2D eigenvalue weighted by atomic mass is 9.96. The van der Waals surface area contributed by atoms with Crippen molar-refractivity contribution in [3.8, 4) is 0 Å². The molecule has 5 nitrogen and oxygen atoms in total. The summed E-state index contributed by atoms with van der Waals surface area (Å²) in [4.78, 5) is 29.5. The number of halogens is 1. The Morgan fingerprint density at radius 1 is 1.26 bits per heavy atom. The Bertz CT molecular complexity index is 465. The molecule has 0 radical (unpaired) electrons. The molecule has 0 aromatic heterocycles. The zero-order valence-electron chi connectivity index (χ0n) is 10.3. The van der Waals surface area contributed by atoms with E-state index in [-0.39, 0.29) is 18.0 Å². The van der Waals surface area contributed by atoms with Gasteiger partial charge in [0, 0.05) is 19.0 Å². The molecule has 1 aromatic carbocycles. The highest BCUT2D eigenvalue weighted by atomic mass is 35.5. The Balaban J connectivity index is 0.000000550. The number of carbonyl (C=O) groups excluding carboxylic acids is 3. The molecule has 2 rings (SSSR count). The number of hydrogen-bond acceptors (Lipinski definition) is 4. The van der Waals surface area contributed by atoms with Gasteiger partial charge in [-0.3, -0.25) is 4.79 Å². The molecular formula is C13H15ClN2O3. The molecule has 1 fully saturated rings. The number of hydrogen-bond donors (Lipinski definition) is 1. The van der Waals surface area contributed by atoms with E-state index in [1.807, 2.05) is 24.3 Å². The Morgan fingerprint density at radius 2 is 1.79 bits per heavy atom. The van der Waals surface area contributed by atoms with Crippen LogP contribution >= 0.6 is 11.6 Å². The molecule has 1 aliphatic rings. The Labute approximate surface area is 116 Å². The van der Waals surface area contributed by atoms with Crippen LogP contribution < -0.4 is 10.6 Å². The van der Waals surface area contributed by atoms with Crippen LogP contribution in [0.2, 0.25) is 5.02 Å². The molecule has 0 saturated carbocycles. The van der Waals surface area contributed by atoms with E-state index in [9.17, 15) is 4.79 Å². The minimum atomic E-state index is -0.182. The fourth-order valence-electron chi connectivity index (χ4n) is 2.11. The average Bonchev–Trinajstić information content (AvgIpc) is 2.40. The van der Waals surface area contributed by atoms with Crippen molar-refractivity contribution in [2.45, 2.75) is 12.8 Å². The molecule has 102 valence electrons. The third-order valence-corrected chi connectivity index (χ3v) is 3.41. The molecule has 19 heavy (non-hydrogen) atoms. The first-order valence-corrected chi connectivity index (χ1v) is 6.26. The lowest BCUT2D eigenvalue weighted by Crippen LogP contribution is -2.38. The van der Waals surface area contributed by atoms with Crippen molar-refractivity contribution < 1.29 is 14.4 Å². The highest BCUT2D eigenvalue weighted by molar-refractivity contribution is 6.33. The third kappa shape index (κ3) is 4.39. The number of benzene rings is 1. The van der Waals surface area contributed by atoms with Crippen molar-refractivity contribution in [2.75, 3.05) is 18.0 Å². The second-order valence-electron chi connectivity index (χ2n) is 4.20. The molecule has 6 heteroatoms. The highest BCUT2D eigenvalue weighted by Crippen LogP contribution is 2.29. The normalized spacial score (nSPS) is 15.1. The van der Waals surface area contributed by atoms with Crippen LogP contribution in [0.4, 0.5) is 5.69 Å². The van der Waals surface area contributed by atoms with Gasteiger partial charge in [-0.15, -0.1) is 0 Å². The van der Waals surface area contributed by atoms with Crippen LogP contribution in [0.25, 0.3) is 0 Å². The summed E-state index contributed by atoms with van der Waals surface area (Å²) in [5.74, 6) is -0.155. The minimum absolute atomic E-state index is 0.0266. The van der Waals surface area contributed by atoms with Crippen molar-refractivity contribution in [1.29, 1.82) is 0 Å². The summed E-state index contributed by atoms with van der Waals surface area (Å²) in [6.07, 6.45) is 1.89. The van der Waals surface area contributed by atoms with Crippen LogP contribution in [0.5, 0.6) is 0 Å². The van der Waals surface area contributed by atoms with Crippen LogP contribution in [0.15, 0.2) is 24.3 Å². The maximum absolute atomic E-state index is 11.0. The standard InChI is InChI=1S/C12H15ClN2O.CO2/c13-10-3-1-2-4-11(10)15-7-5-9(6-8-15)12(14)16;2-1-3/h1-4,9H,5-8H2,(H2,14,16);. The first-order valence-electron chi connectivity index (χ1n) is 5.88. The van der Waals surface area contributed by atoms with Crippen LogP contribution in [-0.2, 0) is 14.4 Å². The van der Waals surface area contributed by atoms with Gasteiger partial charge in [0.25, 0.3) is 0 Å². The van der Waals surface area contributed by atoms with Gasteiger partial charge in [-0.2, -0.15) is 9.59 Å². The molecule has 0 atom stereocenters. The number of nitrogens with two attached hydrogens (primary N) is 1. The van der Waals surface area contributed by atoms with E-state index in [1.165, 1.54) is 0 Å². The molecule has 0 spiro atoms. The minimum Gasteiger partial charge on any atom is -0.370 e. The second-order valence-corrected chi connectivity index (χ2v) is 4.61. The highest BCUT2D eigenvalue weighted by Gasteiger charge is 2.23. The summed E-state index contributed by atoms with van der Waals surface area (Å²) < 4.78 is 0. The van der Waals surface area contributed by atoms with E-state index in [2.05, 4.69) is 4.90 Å². The predicted molar refractivity (Wildman–Crippen MR) is 70.6 cm³/mol. The first-order chi connectivity index (χ1) is 9.10. The maximum Gasteiger partial charge on any atom is 0.373 e. The fourth-order valence-corrected chi connectivity index (χ4v) is 2.37. The van der Waals surface area contributed by atoms with Crippen LogP contribution in [-0.4, -0.2) is 25.1 Å². The molecule has 1 aromatic rings. The fraction of sp³-hybridized carbons (Fsp3) is 0.385. The van der Waals surface area contributed by atoms with E-state index in [1.54, 1.807) is 0 Å². The largest absolute Gasteiger partial charge is 0.373 e. The quantitative estimate of drug-likeness (QED) is 0.890. The summed E-state index contributed by atoms with van der Waals surface area (Å²) in [5, 5.41) is 0.764. The van der Waals surface area contributed by atoms with Crippen LogP contribution in [0.3, 0.4) is 0 Å². The van der Waals surface area contributed by atoms with Crippen LogP contribution in [0, 0.1) is 5.92 Å². The summed E-state index contributed by atoms with van der Waals surface area (Å²) in [7, 11) is 0. The molecule has 1 aliphatic heterocycles. The molecule has 0 aliphatic carbocycles. The number of primary amides is 1. The Hall–Kier alpha value is -1.84. The van der Waals surface area contributed by atoms with Crippen molar-refractivity contribution in [2.24, 2.45) is 11.7 Å². The lowest BCUT2D eigenvalue weighted by Gasteiger charge is -2.32. The maximum atomic E-state index is 11.0. The van der Waals surface area contributed by atoms with E-state index in [0.29, 0.717) is 0 Å². The summed E-state index contributed by atoms with van der Waals surface area (Å²) >= 11 is 6.12. The number of para-hydroxylation sites is 1. The summed E-state index contributed by atoms with van der Waals surface area (Å²) in [5.41, 5.74) is 6.35. The summed E-state index contributed by atoms with van der Waals surface area (Å²) in [6.45, 7) is 1.69. The zero-order chi connectivity index (χ0) is 14.3. The number of rotatable bonds is 2. The zero-order valence-corrected chi connectivity index (χ0v) is 11.1. The molecule has 1 saturated heterocycles. The number of carbonyl (C=O) groups is 1. The van der Waals surface area contributed by atoms with Gasteiger partial charge in [0.15, 0.2) is 0 Å². The number of nitrogens with zero attached hydrogens (tertiary/aromatic N) is 1. The van der Waals surface area contributed by atoms with Gasteiger partial charge in [0.1, 0.15) is 0 Å². The Morgan fingerprint density at radius 3 is 2.26 bits per heavy atom. The first kappa shape index (κ1) is 15.2. The van der Waals surface area contributed by atoms with Gasteiger partial charge >= 0.3 is 6.15 Å². The number of piperidine rings is 1.